The number of fused-ring (bicyclic) bond motifs is 1. The fourth-order valence-corrected chi connectivity index (χ4v) is 2.88. The van der Waals surface area contributed by atoms with Gasteiger partial charge in [0.1, 0.15) is 5.58 Å². The van der Waals surface area contributed by atoms with Crippen LogP contribution in [0.3, 0.4) is 0 Å². The number of aliphatic hydroxyl groups excluding tert-OH is 1. The number of benzene rings is 1. The van der Waals surface area contributed by atoms with E-state index in [1.54, 1.807) is 24.3 Å². The van der Waals surface area contributed by atoms with Gasteiger partial charge in [0.25, 0.3) is 0 Å². The van der Waals surface area contributed by atoms with Crippen LogP contribution in [0.15, 0.2) is 51.6 Å². The van der Waals surface area contributed by atoms with Crippen LogP contribution in [0.2, 0.25) is 0 Å². The Labute approximate surface area is 154 Å². The smallest absolute Gasteiger partial charge is 0.370 e. The minimum absolute atomic E-state index is 0.0916. The van der Waals surface area contributed by atoms with Gasteiger partial charge in [0.2, 0.25) is 12.0 Å². The number of carbonyl (C=O) groups is 1. The van der Waals surface area contributed by atoms with Crippen molar-refractivity contribution in [2.24, 2.45) is 0 Å². The van der Waals surface area contributed by atoms with Crippen LogP contribution in [0.5, 0.6) is 0 Å². The molecule has 0 fully saturated rings. The predicted molar refractivity (Wildman–Crippen MR) is 94.3 cm³/mol. The highest BCUT2D eigenvalue weighted by Crippen LogP contribution is 2.30. The lowest BCUT2D eigenvalue weighted by atomic mass is 9.93. The number of para-hydroxylation sites is 1. The molecule has 0 saturated heterocycles. The summed E-state index contributed by atoms with van der Waals surface area (Å²) < 4.78 is 21.5. The van der Waals surface area contributed by atoms with Gasteiger partial charge in [0, 0.05) is 17.9 Å². The SMILES string of the molecule is O=C(O)C1=C[C@H](c2coc3ccccc3c2=O)C[C@H](OCCOCCO)O1. The lowest BCUT2D eigenvalue weighted by Gasteiger charge is -2.27. The Hall–Kier alpha value is -2.68. The lowest BCUT2D eigenvalue weighted by Crippen LogP contribution is -2.29. The molecule has 2 aromatic rings. The highest BCUT2D eigenvalue weighted by atomic mass is 16.7. The van der Waals surface area contributed by atoms with Crippen LogP contribution >= 0.6 is 0 Å². The maximum absolute atomic E-state index is 12.8. The van der Waals surface area contributed by atoms with Crippen LogP contribution in [0.25, 0.3) is 11.0 Å². The third kappa shape index (κ3) is 4.54. The molecule has 1 aromatic carbocycles. The standard InChI is InChI=1S/C19H20O8/c20-5-6-24-7-8-25-17-10-12(9-16(27-17)19(22)23)14-11-26-15-4-2-1-3-13(15)18(14)21/h1-4,9,11-12,17,20H,5-8,10H2,(H,22,23)/t12-,17+/m0/s1. The topological polar surface area (TPSA) is 115 Å². The molecule has 0 bridgehead atoms. The van der Waals surface area contributed by atoms with Crippen LogP contribution in [-0.4, -0.2) is 48.9 Å². The third-order valence-corrected chi connectivity index (χ3v) is 4.14. The average Bonchev–Trinajstić information content (AvgIpc) is 2.68. The van der Waals surface area contributed by atoms with Gasteiger partial charge >= 0.3 is 5.97 Å². The summed E-state index contributed by atoms with van der Waals surface area (Å²) in [5.41, 5.74) is 0.602. The maximum atomic E-state index is 12.8. The molecule has 2 atom stereocenters. The van der Waals surface area contributed by atoms with Crippen molar-refractivity contribution in [3.8, 4) is 0 Å². The molecule has 1 aliphatic rings. The fourth-order valence-electron chi connectivity index (χ4n) is 2.88. The largest absolute Gasteiger partial charge is 0.475 e. The minimum atomic E-state index is -1.24. The summed E-state index contributed by atoms with van der Waals surface area (Å²) in [6.07, 6.45) is 2.18. The van der Waals surface area contributed by atoms with Crippen molar-refractivity contribution in [3.05, 3.63) is 58.2 Å². The van der Waals surface area contributed by atoms with Crippen molar-refractivity contribution in [2.75, 3.05) is 26.4 Å². The van der Waals surface area contributed by atoms with E-state index in [9.17, 15) is 14.7 Å². The monoisotopic (exact) mass is 376 g/mol. The number of hydrogen-bond donors (Lipinski definition) is 2. The summed E-state index contributed by atoms with van der Waals surface area (Å²) in [5, 5.41) is 18.4. The van der Waals surface area contributed by atoms with Gasteiger partial charge in [-0.25, -0.2) is 4.79 Å². The number of allylic oxidation sites excluding steroid dienone is 1. The quantitative estimate of drug-likeness (QED) is 0.668. The molecule has 0 unspecified atom stereocenters. The van der Waals surface area contributed by atoms with Gasteiger partial charge in [-0.3, -0.25) is 4.79 Å². The van der Waals surface area contributed by atoms with Gasteiger partial charge in [-0.2, -0.15) is 0 Å². The zero-order valence-electron chi connectivity index (χ0n) is 14.5. The highest BCUT2D eigenvalue weighted by molar-refractivity contribution is 5.84. The minimum Gasteiger partial charge on any atom is -0.475 e. The van der Waals surface area contributed by atoms with Crippen molar-refractivity contribution >= 4 is 16.9 Å². The van der Waals surface area contributed by atoms with Gasteiger partial charge in [0.05, 0.1) is 38.1 Å². The summed E-state index contributed by atoms with van der Waals surface area (Å²) in [6.45, 7) is 0.494. The molecule has 2 N–H and O–H groups in total. The highest BCUT2D eigenvalue weighted by Gasteiger charge is 2.30. The Kier molecular flexibility index (Phi) is 6.23. The zero-order valence-corrected chi connectivity index (χ0v) is 14.5. The molecule has 0 aliphatic carbocycles. The van der Waals surface area contributed by atoms with E-state index in [1.165, 1.54) is 12.3 Å². The Balaban J connectivity index is 1.81. The lowest BCUT2D eigenvalue weighted by molar-refractivity contribution is -0.160. The predicted octanol–water partition coefficient (Wildman–Crippen LogP) is 1.62. The fraction of sp³-hybridized carbons (Fsp3) is 0.368. The normalized spacial score (nSPS) is 19.5. The first-order valence-electron chi connectivity index (χ1n) is 8.52. The summed E-state index contributed by atoms with van der Waals surface area (Å²) in [4.78, 5) is 24.2. The zero-order chi connectivity index (χ0) is 19.2. The molecule has 0 amide bonds. The first-order valence-corrected chi connectivity index (χ1v) is 8.52. The Bertz CT molecular complexity index is 885. The summed E-state index contributed by atoms with van der Waals surface area (Å²) in [5.74, 6) is -2.04. The first-order chi connectivity index (χ1) is 13.1. The number of carboxylic acid groups (broad SMARTS) is 1. The number of ether oxygens (including phenoxy) is 3. The van der Waals surface area contributed by atoms with Gasteiger partial charge in [-0.1, -0.05) is 12.1 Å². The molecule has 1 aromatic heterocycles. The molecular formula is C19H20O8. The number of carboxylic acids is 1. The third-order valence-electron chi connectivity index (χ3n) is 4.14. The summed E-state index contributed by atoms with van der Waals surface area (Å²) >= 11 is 0. The second-order valence-corrected chi connectivity index (χ2v) is 5.95. The molecule has 0 spiro atoms. The van der Waals surface area contributed by atoms with Crippen LogP contribution in [0.1, 0.15) is 17.9 Å². The molecule has 1 aliphatic heterocycles. The Morgan fingerprint density at radius 1 is 1.22 bits per heavy atom. The van der Waals surface area contributed by atoms with Crippen LogP contribution < -0.4 is 5.43 Å². The Morgan fingerprint density at radius 2 is 2.04 bits per heavy atom. The van der Waals surface area contributed by atoms with Crippen molar-refractivity contribution in [2.45, 2.75) is 18.6 Å². The summed E-state index contributed by atoms with van der Waals surface area (Å²) in [6, 6.07) is 6.87. The molecule has 8 nitrogen and oxygen atoms in total. The van der Waals surface area contributed by atoms with E-state index in [0.29, 0.717) is 16.5 Å². The molecular weight excluding hydrogens is 356 g/mol. The van der Waals surface area contributed by atoms with Gasteiger partial charge in [-0.05, 0) is 18.2 Å². The van der Waals surface area contributed by atoms with E-state index >= 15 is 0 Å². The number of rotatable bonds is 8. The number of hydrogen-bond acceptors (Lipinski definition) is 7. The molecule has 144 valence electrons. The van der Waals surface area contributed by atoms with E-state index in [4.69, 9.17) is 23.7 Å². The first kappa shape index (κ1) is 19.1. The summed E-state index contributed by atoms with van der Waals surface area (Å²) in [7, 11) is 0. The van der Waals surface area contributed by atoms with Crippen LogP contribution in [-0.2, 0) is 19.0 Å². The van der Waals surface area contributed by atoms with Crippen molar-refractivity contribution < 1.29 is 33.6 Å². The van der Waals surface area contributed by atoms with Gasteiger partial charge in [0.15, 0.2) is 5.43 Å². The second kappa shape index (κ2) is 8.81. The second-order valence-electron chi connectivity index (χ2n) is 5.95. The van der Waals surface area contributed by atoms with Crippen molar-refractivity contribution in [1.29, 1.82) is 0 Å². The van der Waals surface area contributed by atoms with Crippen molar-refractivity contribution in [3.63, 3.8) is 0 Å². The van der Waals surface area contributed by atoms with E-state index in [0.717, 1.165) is 0 Å². The van der Waals surface area contributed by atoms with E-state index in [-0.39, 0.29) is 44.0 Å². The molecule has 3 rings (SSSR count). The van der Waals surface area contributed by atoms with Crippen molar-refractivity contribution in [1.82, 2.24) is 0 Å². The maximum Gasteiger partial charge on any atom is 0.370 e. The van der Waals surface area contributed by atoms with E-state index < -0.39 is 18.2 Å². The van der Waals surface area contributed by atoms with Crippen LogP contribution in [0.4, 0.5) is 0 Å². The molecule has 8 heteroatoms. The molecule has 0 radical (unpaired) electrons. The number of aliphatic carboxylic acids is 1. The van der Waals surface area contributed by atoms with Crippen LogP contribution in [0, 0.1) is 0 Å². The van der Waals surface area contributed by atoms with E-state index in [2.05, 4.69) is 0 Å². The van der Waals surface area contributed by atoms with Gasteiger partial charge < -0.3 is 28.8 Å². The van der Waals surface area contributed by atoms with E-state index in [1.807, 2.05) is 0 Å². The van der Waals surface area contributed by atoms with Gasteiger partial charge in [-0.15, -0.1) is 0 Å². The Morgan fingerprint density at radius 3 is 2.81 bits per heavy atom. The number of aliphatic hydroxyl groups is 1. The molecule has 27 heavy (non-hydrogen) atoms. The molecule has 0 saturated carbocycles. The molecule has 2 heterocycles. The average molecular weight is 376 g/mol.